The molecule has 17 atom stereocenters. The Labute approximate surface area is 669 Å². The van der Waals surface area contributed by atoms with Crippen molar-refractivity contribution in [1.29, 1.82) is 0 Å². The van der Waals surface area contributed by atoms with Crippen molar-refractivity contribution in [1.82, 2.24) is 5.32 Å². The summed E-state index contributed by atoms with van der Waals surface area (Å²) in [4.78, 5) is 13.5. The third kappa shape index (κ3) is 49.1. The summed E-state index contributed by atoms with van der Waals surface area (Å²) < 4.78 is 34.5. The molecular weight excluding hydrogens is 1390 g/mol. The molecule has 12 N–H and O–H groups in total. The van der Waals surface area contributed by atoms with Crippen LogP contribution in [0.4, 0.5) is 0 Å². The Morgan fingerprint density at radius 1 is 0.327 bits per heavy atom. The average molecular weight is 1570 g/mol. The SMILES string of the molecule is CCCCCCC/C=C\C/C=C\CCCCCCCCCCCCCCCCCCCCCCCCCCCC(=O)NC(COC1OC(CO)C(OC2OC(CO)C(OC3OC(CO)C(O)C(O)C3O)C(O)C2O)C(O)C1O)C(O)/C=C/CC/C=C/CCCCCCCCCCCCCCCCCCCCCCCC. The number of aliphatic hydroxyl groups excluding tert-OH is 11. The topological polar surface area (TPSA) is 307 Å². The number of ether oxygens (including phenoxy) is 6. The number of carbonyl (C=O) groups is 1. The van der Waals surface area contributed by atoms with Crippen molar-refractivity contribution in [2.75, 3.05) is 26.4 Å². The van der Waals surface area contributed by atoms with Gasteiger partial charge in [-0.05, 0) is 64.2 Å². The van der Waals surface area contributed by atoms with E-state index in [0.717, 1.165) is 44.9 Å². The Morgan fingerprint density at radius 2 is 0.609 bits per heavy atom. The molecular formula is C91H169NO18. The van der Waals surface area contributed by atoms with E-state index in [2.05, 4.69) is 55.6 Å². The molecule has 0 aromatic heterocycles. The first-order chi connectivity index (χ1) is 53.8. The molecule has 3 aliphatic rings. The van der Waals surface area contributed by atoms with Gasteiger partial charge in [-0.15, -0.1) is 0 Å². The lowest BCUT2D eigenvalue weighted by Crippen LogP contribution is -2.66. The van der Waals surface area contributed by atoms with E-state index in [4.69, 9.17) is 28.4 Å². The second-order valence-electron chi connectivity index (χ2n) is 32.8. The monoisotopic (exact) mass is 1560 g/mol. The van der Waals surface area contributed by atoms with Gasteiger partial charge < -0.3 is 89.9 Å². The Bertz CT molecular complexity index is 2170. The normalized spacial score (nSPS) is 25.3. The molecule has 110 heavy (non-hydrogen) atoms. The minimum absolute atomic E-state index is 0.239. The Hall–Kier alpha value is -2.25. The predicted molar refractivity (Wildman–Crippen MR) is 443 cm³/mol. The fraction of sp³-hybridized carbons (Fsp3) is 0.901. The van der Waals surface area contributed by atoms with Crippen LogP contribution in [0, 0.1) is 0 Å². The maximum atomic E-state index is 13.5. The fourth-order valence-electron chi connectivity index (χ4n) is 15.5. The van der Waals surface area contributed by atoms with Crippen LogP contribution in [0.5, 0.6) is 0 Å². The van der Waals surface area contributed by atoms with E-state index in [1.807, 2.05) is 6.08 Å². The summed E-state index contributed by atoms with van der Waals surface area (Å²) in [7, 11) is 0. The summed E-state index contributed by atoms with van der Waals surface area (Å²) in [5.41, 5.74) is 0. The molecule has 0 aliphatic carbocycles. The molecule has 19 heteroatoms. The molecule has 0 aromatic rings. The summed E-state index contributed by atoms with van der Waals surface area (Å²) in [6.07, 6.45) is 65.6. The van der Waals surface area contributed by atoms with Crippen LogP contribution in [-0.4, -0.2) is 193 Å². The molecule has 3 heterocycles. The van der Waals surface area contributed by atoms with Crippen molar-refractivity contribution in [2.45, 2.75) is 497 Å². The van der Waals surface area contributed by atoms with Crippen molar-refractivity contribution in [3.05, 3.63) is 48.6 Å². The lowest BCUT2D eigenvalue weighted by molar-refractivity contribution is -0.379. The van der Waals surface area contributed by atoms with Gasteiger partial charge in [0.25, 0.3) is 0 Å². The van der Waals surface area contributed by atoms with Gasteiger partial charge in [0, 0.05) is 6.42 Å². The maximum absolute atomic E-state index is 13.5. The van der Waals surface area contributed by atoms with Crippen LogP contribution in [0.15, 0.2) is 48.6 Å². The molecule has 0 spiro atoms. The standard InChI is InChI=1S/C91H169NO18/c1-3-5-7-9-11-13-15-17-19-21-23-25-27-29-31-33-34-35-36-37-38-39-40-41-43-45-47-49-51-53-55-57-59-61-63-65-67-69-79(97)92-74(75(96)68-66-64-62-60-58-56-54-52-50-48-46-44-42-32-30-28-26-24-22-20-18-16-14-12-10-8-6-4-2)73-105-89-85(103)82(100)87(77(71-94)107-89)110-91-86(104)83(101)88(78(72-95)108-91)109-90-84(102)81(99)80(98)76(70-93)106-90/h15,17,21,23,58,60,66,68,74-78,80-91,93-96,98-104H,3-14,16,18-20,22,24-57,59,61-65,67,69-73H2,1-2H3,(H,92,97)/b17-15-,23-21-,60-58+,68-66+. The van der Waals surface area contributed by atoms with Crippen LogP contribution in [-0.2, 0) is 33.2 Å². The number of carbonyl (C=O) groups excluding carboxylic acids is 1. The highest BCUT2D eigenvalue weighted by atomic mass is 16.8. The number of aliphatic hydroxyl groups is 11. The largest absolute Gasteiger partial charge is 0.394 e. The highest BCUT2D eigenvalue weighted by Gasteiger charge is 2.54. The number of hydrogen-bond donors (Lipinski definition) is 12. The van der Waals surface area contributed by atoms with Gasteiger partial charge in [0.05, 0.1) is 38.6 Å². The van der Waals surface area contributed by atoms with Crippen molar-refractivity contribution in [2.24, 2.45) is 0 Å². The fourth-order valence-corrected chi connectivity index (χ4v) is 15.5. The van der Waals surface area contributed by atoms with Gasteiger partial charge in [-0.3, -0.25) is 4.79 Å². The van der Waals surface area contributed by atoms with Crippen molar-refractivity contribution in [3.8, 4) is 0 Å². The van der Waals surface area contributed by atoms with E-state index in [9.17, 15) is 61.0 Å². The van der Waals surface area contributed by atoms with E-state index < -0.39 is 124 Å². The molecule has 0 aromatic carbocycles. The zero-order valence-corrected chi connectivity index (χ0v) is 69.8. The Morgan fingerprint density at radius 3 is 0.964 bits per heavy atom. The van der Waals surface area contributed by atoms with Gasteiger partial charge in [-0.2, -0.15) is 0 Å². The molecule has 17 unspecified atom stereocenters. The van der Waals surface area contributed by atoms with Crippen molar-refractivity contribution >= 4 is 5.91 Å². The van der Waals surface area contributed by atoms with Gasteiger partial charge >= 0.3 is 0 Å². The van der Waals surface area contributed by atoms with E-state index in [-0.39, 0.29) is 18.9 Å². The summed E-state index contributed by atoms with van der Waals surface area (Å²) in [5.74, 6) is -0.277. The minimum atomic E-state index is -1.98. The van der Waals surface area contributed by atoms with E-state index in [1.165, 1.54) is 315 Å². The number of amides is 1. The lowest BCUT2D eigenvalue weighted by atomic mass is 9.96. The Balaban J connectivity index is 1.32. The van der Waals surface area contributed by atoms with Crippen LogP contribution in [0.1, 0.15) is 393 Å². The molecule has 0 saturated carbocycles. The third-order valence-electron chi connectivity index (χ3n) is 22.8. The number of hydrogen-bond acceptors (Lipinski definition) is 18. The lowest BCUT2D eigenvalue weighted by Gasteiger charge is -2.48. The summed E-state index contributed by atoms with van der Waals surface area (Å²) in [5, 5.41) is 121. The summed E-state index contributed by atoms with van der Waals surface area (Å²) in [6.45, 7) is 1.77. The summed E-state index contributed by atoms with van der Waals surface area (Å²) >= 11 is 0. The van der Waals surface area contributed by atoms with E-state index in [0.29, 0.717) is 12.8 Å². The molecule has 3 saturated heterocycles. The van der Waals surface area contributed by atoms with Crippen LogP contribution >= 0.6 is 0 Å². The summed E-state index contributed by atoms with van der Waals surface area (Å²) in [6, 6.07) is -0.991. The van der Waals surface area contributed by atoms with Gasteiger partial charge in [0.1, 0.15) is 73.2 Å². The second kappa shape index (κ2) is 70.9. The van der Waals surface area contributed by atoms with Gasteiger partial charge in [-0.25, -0.2) is 0 Å². The van der Waals surface area contributed by atoms with E-state index in [1.54, 1.807) is 6.08 Å². The zero-order chi connectivity index (χ0) is 79.5. The highest BCUT2D eigenvalue weighted by molar-refractivity contribution is 5.76. The smallest absolute Gasteiger partial charge is 0.220 e. The van der Waals surface area contributed by atoms with Crippen LogP contribution in [0.2, 0.25) is 0 Å². The van der Waals surface area contributed by atoms with Gasteiger partial charge in [0.2, 0.25) is 5.91 Å². The maximum Gasteiger partial charge on any atom is 0.220 e. The van der Waals surface area contributed by atoms with Gasteiger partial charge in [0.15, 0.2) is 18.9 Å². The minimum Gasteiger partial charge on any atom is -0.394 e. The molecule has 3 rings (SSSR count). The molecule has 19 nitrogen and oxygen atoms in total. The van der Waals surface area contributed by atoms with Crippen molar-refractivity contribution in [3.63, 3.8) is 0 Å². The molecule has 1 amide bonds. The molecule has 3 aliphatic heterocycles. The Kier molecular flexibility index (Phi) is 65.7. The predicted octanol–water partition coefficient (Wildman–Crippen LogP) is 17.6. The highest BCUT2D eigenvalue weighted by Crippen LogP contribution is 2.34. The molecule has 3 fully saturated rings. The van der Waals surface area contributed by atoms with Crippen molar-refractivity contribution < 1.29 is 89.4 Å². The molecule has 646 valence electrons. The van der Waals surface area contributed by atoms with Gasteiger partial charge in [-0.1, -0.05) is 371 Å². The van der Waals surface area contributed by atoms with Crippen LogP contribution in [0.3, 0.4) is 0 Å². The first kappa shape index (κ1) is 102. The van der Waals surface area contributed by atoms with Crippen LogP contribution < -0.4 is 5.32 Å². The van der Waals surface area contributed by atoms with Crippen LogP contribution in [0.25, 0.3) is 0 Å². The average Bonchev–Trinajstić information content (AvgIpc) is 0.784. The molecule has 0 radical (unpaired) electrons. The number of allylic oxidation sites excluding steroid dienone is 7. The zero-order valence-electron chi connectivity index (χ0n) is 69.8. The number of nitrogens with one attached hydrogen (secondary N) is 1. The number of unbranched alkanes of at least 4 members (excludes halogenated alkanes) is 53. The van der Waals surface area contributed by atoms with E-state index >= 15 is 0 Å². The molecule has 0 bridgehead atoms. The number of rotatable bonds is 75. The first-order valence-corrected chi connectivity index (χ1v) is 45.9. The quantitative estimate of drug-likeness (QED) is 0.0199. The first-order valence-electron chi connectivity index (χ1n) is 45.9. The third-order valence-corrected chi connectivity index (χ3v) is 22.8. The second-order valence-corrected chi connectivity index (χ2v) is 32.8.